The molecule has 0 atom stereocenters. The summed E-state index contributed by atoms with van der Waals surface area (Å²) in [4.78, 5) is 22.6. The van der Waals surface area contributed by atoms with Crippen molar-refractivity contribution < 1.29 is 9.53 Å². The maximum absolute atomic E-state index is 11.5. The normalized spacial score (nSPS) is 14.1. The molecule has 30 heavy (non-hydrogen) atoms. The summed E-state index contributed by atoms with van der Waals surface area (Å²) in [7, 11) is 0. The van der Waals surface area contributed by atoms with Crippen molar-refractivity contribution in [3.05, 3.63) is 58.1 Å². The molecule has 1 aromatic carbocycles. The molecule has 1 N–H and O–H groups in total. The molecule has 0 unspecified atom stereocenters. The number of thiazole rings is 1. The Morgan fingerprint density at radius 3 is 2.70 bits per heavy atom. The first-order valence-corrected chi connectivity index (χ1v) is 11.1. The molecule has 1 aliphatic heterocycles. The lowest BCUT2D eigenvalue weighted by Gasteiger charge is -2.30. The number of halogens is 2. The van der Waals surface area contributed by atoms with E-state index in [1.54, 1.807) is 24.5 Å². The van der Waals surface area contributed by atoms with Crippen molar-refractivity contribution in [2.45, 2.75) is 25.7 Å². The van der Waals surface area contributed by atoms with Gasteiger partial charge in [0, 0.05) is 48.0 Å². The Bertz CT molecular complexity index is 994. The van der Waals surface area contributed by atoms with E-state index < -0.39 is 0 Å². The van der Waals surface area contributed by atoms with Gasteiger partial charge >= 0.3 is 0 Å². The molecule has 0 bridgehead atoms. The standard InChI is InChI=1S/C21H21BrN4O2S.ClH/c1-14(27)26-9-7-15(8-10-26)18-13-29-21(24-18)25-20-19(11-16(22)12-23-20)28-17-5-3-2-4-6-17;/h2-6,11-13,15H,7-10H2,1H3,(H,23,24,25);1H. The summed E-state index contributed by atoms with van der Waals surface area (Å²) in [5, 5.41) is 6.16. The monoisotopic (exact) mass is 508 g/mol. The molecule has 6 nitrogen and oxygen atoms in total. The van der Waals surface area contributed by atoms with E-state index in [4.69, 9.17) is 9.72 Å². The number of para-hydroxylation sites is 1. The van der Waals surface area contributed by atoms with E-state index >= 15 is 0 Å². The van der Waals surface area contributed by atoms with Crippen LogP contribution in [0.25, 0.3) is 0 Å². The third-order valence-corrected chi connectivity index (χ3v) is 6.11. The number of aromatic nitrogens is 2. The maximum Gasteiger partial charge on any atom is 0.219 e. The van der Waals surface area contributed by atoms with Crippen LogP contribution in [-0.2, 0) is 4.79 Å². The van der Waals surface area contributed by atoms with Gasteiger partial charge in [-0.05, 0) is 40.9 Å². The zero-order valence-electron chi connectivity index (χ0n) is 16.4. The first kappa shape index (κ1) is 22.5. The minimum atomic E-state index is 0. The Balaban J connectivity index is 0.00000256. The second-order valence-corrected chi connectivity index (χ2v) is 8.67. The van der Waals surface area contributed by atoms with Crippen molar-refractivity contribution in [2.75, 3.05) is 18.4 Å². The summed E-state index contributed by atoms with van der Waals surface area (Å²) >= 11 is 5.01. The van der Waals surface area contributed by atoms with Gasteiger partial charge in [0.2, 0.25) is 5.91 Å². The van der Waals surface area contributed by atoms with Crippen molar-refractivity contribution in [1.29, 1.82) is 0 Å². The Kier molecular flexibility index (Phi) is 7.69. The summed E-state index contributed by atoms with van der Waals surface area (Å²) in [6, 6.07) is 11.5. The van der Waals surface area contributed by atoms with Crippen molar-refractivity contribution >= 4 is 56.5 Å². The highest BCUT2D eigenvalue weighted by atomic mass is 79.9. The van der Waals surface area contributed by atoms with E-state index in [0.29, 0.717) is 17.5 Å². The number of carbonyl (C=O) groups is 1. The summed E-state index contributed by atoms with van der Waals surface area (Å²) < 4.78 is 6.84. The van der Waals surface area contributed by atoms with Crippen LogP contribution < -0.4 is 10.1 Å². The molecule has 0 aliphatic carbocycles. The summed E-state index contributed by atoms with van der Waals surface area (Å²) in [6.45, 7) is 3.22. The van der Waals surface area contributed by atoms with Gasteiger partial charge in [0.1, 0.15) is 5.75 Å². The fraction of sp³-hybridized carbons (Fsp3) is 0.286. The van der Waals surface area contributed by atoms with E-state index in [1.807, 2.05) is 41.3 Å². The number of pyridine rings is 1. The van der Waals surface area contributed by atoms with Gasteiger partial charge in [-0.15, -0.1) is 23.7 Å². The van der Waals surface area contributed by atoms with Crippen molar-refractivity contribution in [3.63, 3.8) is 0 Å². The van der Waals surface area contributed by atoms with Gasteiger partial charge in [-0.1, -0.05) is 18.2 Å². The van der Waals surface area contributed by atoms with Crippen LogP contribution in [0.15, 0.2) is 52.4 Å². The number of nitrogens with zero attached hydrogens (tertiary/aromatic N) is 3. The predicted molar refractivity (Wildman–Crippen MR) is 125 cm³/mol. The topological polar surface area (TPSA) is 67.4 Å². The molecule has 1 fully saturated rings. The molecule has 9 heteroatoms. The van der Waals surface area contributed by atoms with Gasteiger partial charge in [-0.2, -0.15) is 0 Å². The first-order valence-electron chi connectivity index (χ1n) is 9.45. The molecule has 4 rings (SSSR count). The van der Waals surface area contributed by atoms with Gasteiger partial charge in [0.25, 0.3) is 0 Å². The molecule has 1 amide bonds. The molecule has 3 aromatic rings. The number of amides is 1. The molecule has 3 heterocycles. The fourth-order valence-corrected chi connectivity index (χ4v) is 4.43. The highest BCUT2D eigenvalue weighted by Gasteiger charge is 2.24. The van der Waals surface area contributed by atoms with Crippen LogP contribution in [0.3, 0.4) is 0 Å². The second kappa shape index (κ2) is 10.2. The first-order chi connectivity index (χ1) is 14.1. The highest BCUT2D eigenvalue weighted by molar-refractivity contribution is 9.10. The van der Waals surface area contributed by atoms with Crippen molar-refractivity contribution in [3.8, 4) is 11.5 Å². The van der Waals surface area contributed by atoms with E-state index in [0.717, 1.165) is 47.0 Å². The smallest absolute Gasteiger partial charge is 0.219 e. The third kappa shape index (κ3) is 5.50. The number of hydrogen-bond donors (Lipinski definition) is 1. The van der Waals surface area contributed by atoms with Crippen molar-refractivity contribution in [1.82, 2.24) is 14.9 Å². The van der Waals surface area contributed by atoms with Crippen LogP contribution in [0.2, 0.25) is 0 Å². The number of carbonyl (C=O) groups excluding carboxylic acids is 1. The predicted octanol–water partition coefficient (Wildman–Crippen LogP) is 5.98. The largest absolute Gasteiger partial charge is 0.453 e. The molecule has 1 saturated heterocycles. The lowest BCUT2D eigenvalue weighted by Crippen LogP contribution is -2.36. The molecule has 0 saturated carbocycles. The molecular formula is C21H22BrClN4O2S. The minimum absolute atomic E-state index is 0. The second-order valence-electron chi connectivity index (χ2n) is 6.90. The lowest BCUT2D eigenvalue weighted by atomic mass is 9.94. The zero-order chi connectivity index (χ0) is 20.2. The third-order valence-electron chi connectivity index (χ3n) is 4.90. The van der Waals surface area contributed by atoms with Crippen LogP contribution in [-0.4, -0.2) is 33.9 Å². The Morgan fingerprint density at radius 2 is 2.00 bits per heavy atom. The average Bonchev–Trinajstić information content (AvgIpc) is 3.19. The van der Waals surface area contributed by atoms with Crippen LogP contribution in [0, 0.1) is 0 Å². The summed E-state index contributed by atoms with van der Waals surface area (Å²) in [6.07, 6.45) is 3.62. The summed E-state index contributed by atoms with van der Waals surface area (Å²) in [5.41, 5.74) is 1.07. The number of piperidine rings is 1. The number of rotatable bonds is 5. The summed E-state index contributed by atoms with van der Waals surface area (Å²) in [5.74, 6) is 2.51. The van der Waals surface area contributed by atoms with Gasteiger partial charge in [-0.25, -0.2) is 9.97 Å². The Morgan fingerprint density at radius 1 is 1.27 bits per heavy atom. The number of likely N-dealkylation sites (tertiary alicyclic amines) is 1. The molecule has 2 aromatic heterocycles. The Hall–Kier alpha value is -2.16. The SMILES string of the molecule is CC(=O)N1CCC(c2csc(Nc3ncc(Br)cc3Oc3ccccc3)n2)CC1.Cl. The van der Waals surface area contributed by atoms with Crippen LogP contribution in [0.5, 0.6) is 11.5 Å². The van der Waals surface area contributed by atoms with Crippen LogP contribution >= 0.6 is 39.7 Å². The van der Waals surface area contributed by atoms with Crippen molar-refractivity contribution in [2.24, 2.45) is 0 Å². The number of benzene rings is 1. The zero-order valence-corrected chi connectivity index (χ0v) is 19.6. The molecule has 1 aliphatic rings. The maximum atomic E-state index is 11.5. The minimum Gasteiger partial charge on any atom is -0.453 e. The molecule has 0 spiro atoms. The van der Waals surface area contributed by atoms with Gasteiger partial charge in [0.05, 0.1) is 5.69 Å². The number of anilines is 2. The van der Waals surface area contributed by atoms with E-state index in [9.17, 15) is 4.79 Å². The number of hydrogen-bond acceptors (Lipinski definition) is 6. The highest BCUT2D eigenvalue weighted by Crippen LogP contribution is 2.35. The van der Waals surface area contributed by atoms with Crippen LogP contribution in [0.4, 0.5) is 10.9 Å². The molecule has 0 radical (unpaired) electrons. The quantitative estimate of drug-likeness (QED) is 0.458. The Labute approximate surface area is 194 Å². The number of ether oxygens (including phenoxy) is 1. The fourth-order valence-electron chi connectivity index (χ4n) is 3.33. The van der Waals surface area contributed by atoms with Gasteiger partial charge in [-0.3, -0.25) is 4.79 Å². The van der Waals surface area contributed by atoms with Crippen LogP contribution in [0.1, 0.15) is 31.4 Å². The average molecular weight is 510 g/mol. The lowest BCUT2D eigenvalue weighted by molar-refractivity contribution is -0.129. The van der Waals surface area contributed by atoms with Gasteiger partial charge in [0.15, 0.2) is 16.7 Å². The molecular weight excluding hydrogens is 488 g/mol. The van der Waals surface area contributed by atoms with Gasteiger partial charge < -0.3 is 15.0 Å². The number of nitrogens with one attached hydrogen (secondary N) is 1. The molecule has 158 valence electrons. The van der Waals surface area contributed by atoms with E-state index in [2.05, 4.69) is 31.6 Å². The van der Waals surface area contributed by atoms with E-state index in [-0.39, 0.29) is 18.3 Å². The van der Waals surface area contributed by atoms with E-state index in [1.165, 1.54) is 0 Å².